The van der Waals surface area contributed by atoms with Gasteiger partial charge in [0.25, 0.3) is 5.91 Å². The number of rotatable bonds is 2. The van der Waals surface area contributed by atoms with Crippen molar-refractivity contribution in [3.63, 3.8) is 0 Å². The predicted molar refractivity (Wildman–Crippen MR) is 99.8 cm³/mol. The van der Waals surface area contributed by atoms with Crippen molar-refractivity contribution in [2.75, 3.05) is 18.8 Å². The largest absolute Gasteiger partial charge is 0.382 e. The molecule has 2 heterocycles. The summed E-state index contributed by atoms with van der Waals surface area (Å²) >= 11 is 5.98. The number of H-pyrrole nitrogens is 1. The van der Waals surface area contributed by atoms with Crippen molar-refractivity contribution in [2.24, 2.45) is 0 Å². The smallest absolute Gasteiger partial charge is 0.253 e. The standard InChI is InChI=1S/C19H19ClN4O/c20-15-6-3-12(4-7-15)14-2-1-9-24(11-14)19(25)13-5-8-17-16(10-13)18(21)23-22-17/h3-8,10,14H,1-2,9,11H2,(H3,21,22,23). The number of piperidine rings is 1. The van der Waals surface area contributed by atoms with Gasteiger partial charge in [-0.25, -0.2) is 0 Å². The van der Waals surface area contributed by atoms with Crippen LogP contribution in [0.1, 0.15) is 34.7 Å². The van der Waals surface area contributed by atoms with Crippen molar-refractivity contribution in [3.05, 3.63) is 58.6 Å². The molecule has 4 rings (SSSR count). The minimum absolute atomic E-state index is 0.0427. The van der Waals surface area contributed by atoms with Crippen LogP contribution in [0.25, 0.3) is 10.9 Å². The first-order chi connectivity index (χ1) is 12.1. The van der Waals surface area contributed by atoms with Gasteiger partial charge in [-0.05, 0) is 48.7 Å². The Bertz CT molecular complexity index is 919. The highest BCUT2D eigenvalue weighted by atomic mass is 35.5. The lowest BCUT2D eigenvalue weighted by Crippen LogP contribution is -2.39. The number of fused-ring (bicyclic) bond motifs is 1. The third kappa shape index (κ3) is 3.07. The Morgan fingerprint density at radius 3 is 2.84 bits per heavy atom. The fraction of sp³-hybridized carbons (Fsp3) is 0.263. The molecule has 2 aromatic carbocycles. The molecule has 3 N–H and O–H groups in total. The Balaban J connectivity index is 1.56. The number of carbonyl (C=O) groups is 1. The molecule has 0 radical (unpaired) electrons. The number of nitrogens with two attached hydrogens (primary N) is 1. The molecule has 1 aromatic heterocycles. The van der Waals surface area contributed by atoms with E-state index < -0.39 is 0 Å². The Morgan fingerprint density at radius 1 is 1.24 bits per heavy atom. The van der Waals surface area contributed by atoms with Crippen molar-refractivity contribution in [3.8, 4) is 0 Å². The second-order valence-electron chi connectivity index (χ2n) is 6.51. The molecular formula is C19H19ClN4O. The van der Waals surface area contributed by atoms with Crippen molar-refractivity contribution in [1.82, 2.24) is 15.1 Å². The number of anilines is 1. The van der Waals surface area contributed by atoms with Crippen LogP contribution in [0.2, 0.25) is 5.02 Å². The Kier molecular flexibility index (Phi) is 4.09. The maximum Gasteiger partial charge on any atom is 0.253 e. The number of aromatic nitrogens is 2. The zero-order chi connectivity index (χ0) is 17.4. The molecule has 0 saturated carbocycles. The lowest BCUT2D eigenvalue weighted by molar-refractivity contribution is 0.0707. The number of hydrogen-bond acceptors (Lipinski definition) is 3. The van der Waals surface area contributed by atoms with E-state index in [4.69, 9.17) is 17.3 Å². The highest BCUT2D eigenvalue weighted by molar-refractivity contribution is 6.30. The highest BCUT2D eigenvalue weighted by Gasteiger charge is 2.25. The van der Waals surface area contributed by atoms with Crippen LogP contribution in [-0.2, 0) is 0 Å². The van der Waals surface area contributed by atoms with Gasteiger partial charge in [0.2, 0.25) is 0 Å². The second kappa shape index (κ2) is 6.41. The Morgan fingerprint density at radius 2 is 2.04 bits per heavy atom. The monoisotopic (exact) mass is 354 g/mol. The van der Waals surface area contributed by atoms with Crippen molar-refractivity contribution in [1.29, 1.82) is 0 Å². The molecule has 1 amide bonds. The van der Waals surface area contributed by atoms with Crippen molar-refractivity contribution >= 4 is 34.2 Å². The fourth-order valence-corrected chi connectivity index (χ4v) is 3.64. The number of likely N-dealkylation sites (tertiary alicyclic amines) is 1. The van der Waals surface area contributed by atoms with Gasteiger partial charge in [-0.3, -0.25) is 9.89 Å². The molecule has 1 aliphatic heterocycles. The SMILES string of the molecule is Nc1n[nH]c2ccc(C(=O)N3CCCC(c4ccc(Cl)cc4)C3)cc12. The molecule has 1 atom stereocenters. The van der Waals surface area contributed by atoms with E-state index in [1.807, 2.05) is 35.2 Å². The average molecular weight is 355 g/mol. The summed E-state index contributed by atoms with van der Waals surface area (Å²) in [5, 5.41) is 8.36. The molecule has 128 valence electrons. The van der Waals surface area contributed by atoms with E-state index in [9.17, 15) is 4.79 Å². The first-order valence-corrected chi connectivity index (χ1v) is 8.78. The summed E-state index contributed by atoms with van der Waals surface area (Å²) in [6, 6.07) is 13.4. The molecule has 0 aliphatic carbocycles. The maximum absolute atomic E-state index is 12.9. The van der Waals surface area contributed by atoms with Crippen LogP contribution in [0.5, 0.6) is 0 Å². The zero-order valence-electron chi connectivity index (χ0n) is 13.7. The number of nitrogens with one attached hydrogen (secondary N) is 1. The third-order valence-electron chi connectivity index (χ3n) is 4.89. The van der Waals surface area contributed by atoms with Gasteiger partial charge in [0.05, 0.1) is 5.52 Å². The summed E-state index contributed by atoms with van der Waals surface area (Å²) in [7, 11) is 0. The highest BCUT2D eigenvalue weighted by Crippen LogP contribution is 2.29. The van der Waals surface area contributed by atoms with E-state index in [1.165, 1.54) is 5.56 Å². The molecule has 1 unspecified atom stereocenters. The van der Waals surface area contributed by atoms with Gasteiger partial charge < -0.3 is 10.6 Å². The summed E-state index contributed by atoms with van der Waals surface area (Å²) in [4.78, 5) is 14.9. The zero-order valence-corrected chi connectivity index (χ0v) is 14.5. The molecule has 1 saturated heterocycles. The van der Waals surface area contributed by atoms with Gasteiger partial charge in [-0.15, -0.1) is 0 Å². The van der Waals surface area contributed by atoms with Gasteiger partial charge in [-0.2, -0.15) is 5.10 Å². The van der Waals surface area contributed by atoms with E-state index in [0.717, 1.165) is 41.9 Å². The summed E-state index contributed by atoms with van der Waals surface area (Å²) in [6.45, 7) is 1.50. The molecule has 3 aromatic rings. The predicted octanol–water partition coefficient (Wildman–Crippen LogP) is 3.82. The summed E-state index contributed by atoms with van der Waals surface area (Å²) in [6.07, 6.45) is 2.08. The topological polar surface area (TPSA) is 75.0 Å². The van der Waals surface area contributed by atoms with Crippen LogP contribution in [-0.4, -0.2) is 34.1 Å². The number of amides is 1. The summed E-state index contributed by atoms with van der Waals surface area (Å²) in [5.41, 5.74) is 8.58. The maximum atomic E-state index is 12.9. The van der Waals surface area contributed by atoms with Crippen LogP contribution in [0.3, 0.4) is 0 Å². The quantitative estimate of drug-likeness (QED) is 0.734. The molecular weight excluding hydrogens is 336 g/mol. The lowest BCUT2D eigenvalue weighted by Gasteiger charge is -2.33. The first kappa shape index (κ1) is 16.0. The number of carbonyl (C=O) groups excluding carboxylic acids is 1. The van der Waals surface area contributed by atoms with Crippen LogP contribution < -0.4 is 5.73 Å². The average Bonchev–Trinajstić information content (AvgIpc) is 3.02. The Labute approximate surface area is 150 Å². The Hall–Kier alpha value is -2.53. The van der Waals surface area contributed by atoms with Gasteiger partial charge in [0.1, 0.15) is 0 Å². The molecule has 25 heavy (non-hydrogen) atoms. The number of nitrogen functional groups attached to an aromatic ring is 1. The van der Waals surface area contributed by atoms with E-state index in [-0.39, 0.29) is 5.91 Å². The minimum Gasteiger partial charge on any atom is -0.382 e. The number of halogens is 1. The third-order valence-corrected chi connectivity index (χ3v) is 5.14. The second-order valence-corrected chi connectivity index (χ2v) is 6.95. The van der Waals surface area contributed by atoms with Gasteiger partial charge in [-0.1, -0.05) is 23.7 Å². The molecule has 6 heteroatoms. The first-order valence-electron chi connectivity index (χ1n) is 8.40. The van der Waals surface area contributed by atoms with Gasteiger partial charge >= 0.3 is 0 Å². The van der Waals surface area contributed by atoms with Crippen molar-refractivity contribution < 1.29 is 4.79 Å². The molecule has 1 fully saturated rings. The fourth-order valence-electron chi connectivity index (χ4n) is 3.52. The summed E-state index contributed by atoms with van der Waals surface area (Å²) < 4.78 is 0. The molecule has 5 nitrogen and oxygen atoms in total. The van der Waals surface area contributed by atoms with E-state index in [1.54, 1.807) is 0 Å². The van der Waals surface area contributed by atoms with Crippen molar-refractivity contribution in [2.45, 2.75) is 18.8 Å². The van der Waals surface area contributed by atoms with Gasteiger partial charge in [0.15, 0.2) is 5.82 Å². The van der Waals surface area contributed by atoms with Crippen LogP contribution in [0.4, 0.5) is 5.82 Å². The molecule has 0 bridgehead atoms. The van der Waals surface area contributed by atoms with E-state index >= 15 is 0 Å². The van der Waals surface area contributed by atoms with Crippen LogP contribution in [0.15, 0.2) is 42.5 Å². The minimum atomic E-state index is 0.0427. The number of aromatic amines is 1. The number of nitrogens with zero attached hydrogens (tertiary/aromatic N) is 2. The van der Waals surface area contributed by atoms with Crippen LogP contribution in [0, 0.1) is 0 Å². The van der Waals surface area contributed by atoms with Gasteiger partial charge in [0, 0.05) is 35.0 Å². The summed E-state index contributed by atoms with van der Waals surface area (Å²) in [5.74, 6) is 0.807. The number of hydrogen-bond donors (Lipinski definition) is 2. The lowest BCUT2D eigenvalue weighted by atomic mass is 9.90. The normalized spacial score (nSPS) is 17.8. The van der Waals surface area contributed by atoms with Crippen LogP contribution >= 0.6 is 11.6 Å². The van der Waals surface area contributed by atoms with E-state index in [2.05, 4.69) is 22.3 Å². The molecule has 0 spiro atoms. The molecule has 1 aliphatic rings. The van der Waals surface area contributed by atoms with E-state index in [0.29, 0.717) is 17.3 Å². The number of benzene rings is 2.